The largest absolute Gasteiger partial charge is 0.493 e. The molecule has 0 radical (unpaired) electrons. The molecule has 25 heavy (non-hydrogen) atoms. The first-order chi connectivity index (χ1) is 11.6. The van der Waals surface area contributed by atoms with Gasteiger partial charge in [-0.25, -0.2) is 16.8 Å². The first-order valence-corrected chi connectivity index (χ1v) is 11.7. The van der Waals surface area contributed by atoms with Gasteiger partial charge in [0.1, 0.15) is 5.75 Å². The SMILES string of the molecule is CCCOc1ccc(S(=O)(=O)N2CC(S(=O)(=O)CC(C)C)C2)cc1C. The van der Waals surface area contributed by atoms with E-state index in [1.54, 1.807) is 19.1 Å². The van der Waals surface area contributed by atoms with Crippen LogP contribution in [0.3, 0.4) is 0 Å². The van der Waals surface area contributed by atoms with Crippen molar-refractivity contribution in [1.29, 1.82) is 0 Å². The van der Waals surface area contributed by atoms with Gasteiger partial charge in [-0.05, 0) is 43.0 Å². The van der Waals surface area contributed by atoms with Gasteiger partial charge in [0.15, 0.2) is 9.84 Å². The van der Waals surface area contributed by atoms with Gasteiger partial charge in [0.25, 0.3) is 0 Å². The lowest BCUT2D eigenvalue weighted by Crippen LogP contribution is -2.57. The molecule has 8 heteroatoms. The summed E-state index contributed by atoms with van der Waals surface area (Å²) in [7, 11) is -6.92. The van der Waals surface area contributed by atoms with Crippen molar-refractivity contribution in [2.24, 2.45) is 5.92 Å². The number of ether oxygens (including phenoxy) is 1. The van der Waals surface area contributed by atoms with Crippen molar-refractivity contribution in [3.63, 3.8) is 0 Å². The Balaban J connectivity index is 2.10. The number of sulfonamides is 1. The van der Waals surface area contributed by atoms with Gasteiger partial charge in [-0.15, -0.1) is 0 Å². The number of hydrogen-bond donors (Lipinski definition) is 0. The van der Waals surface area contributed by atoms with Crippen LogP contribution in [0.5, 0.6) is 5.75 Å². The zero-order valence-electron chi connectivity index (χ0n) is 15.2. The van der Waals surface area contributed by atoms with Gasteiger partial charge in [0.2, 0.25) is 10.0 Å². The van der Waals surface area contributed by atoms with Crippen molar-refractivity contribution in [1.82, 2.24) is 4.31 Å². The topological polar surface area (TPSA) is 80.8 Å². The maximum Gasteiger partial charge on any atom is 0.243 e. The number of nitrogens with zero attached hydrogens (tertiary/aromatic N) is 1. The van der Waals surface area contributed by atoms with Crippen LogP contribution in [0, 0.1) is 12.8 Å². The molecule has 0 aliphatic carbocycles. The summed E-state index contributed by atoms with van der Waals surface area (Å²) in [4.78, 5) is 0.175. The maximum atomic E-state index is 12.7. The molecule has 0 atom stereocenters. The van der Waals surface area contributed by atoms with Gasteiger partial charge in [-0.2, -0.15) is 4.31 Å². The Morgan fingerprint density at radius 2 is 1.84 bits per heavy atom. The highest BCUT2D eigenvalue weighted by atomic mass is 32.2. The molecule has 0 unspecified atom stereocenters. The van der Waals surface area contributed by atoms with E-state index in [0.29, 0.717) is 12.4 Å². The van der Waals surface area contributed by atoms with Crippen molar-refractivity contribution in [3.8, 4) is 5.75 Å². The molecule has 1 aromatic rings. The zero-order chi connectivity index (χ0) is 18.8. The van der Waals surface area contributed by atoms with Gasteiger partial charge >= 0.3 is 0 Å². The monoisotopic (exact) mass is 389 g/mol. The molecule has 1 saturated heterocycles. The fraction of sp³-hybridized carbons (Fsp3) is 0.647. The average Bonchev–Trinajstić information content (AvgIpc) is 2.42. The molecule has 142 valence electrons. The summed E-state index contributed by atoms with van der Waals surface area (Å²) in [6, 6.07) is 4.75. The predicted octanol–water partition coefficient (Wildman–Crippen LogP) is 2.23. The van der Waals surface area contributed by atoms with E-state index >= 15 is 0 Å². The lowest BCUT2D eigenvalue weighted by Gasteiger charge is -2.37. The first kappa shape index (κ1) is 20.2. The lowest BCUT2D eigenvalue weighted by atomic mass is 10.2. The highest BCUT2D eigenvalue weighted by molar-refractivity contribution is 7.92. The molecule has 0 aromatic heterocycles. The third-order valence-electron chi connectivity index (χ3n) is 4.13. The van der Waals surface area contributed by atoms with Gasteiger partial charge in [-0.3, -0.25) is 0 Å². The molecular weight excluding hydrogens is 362 g/mol. The molecule has 1 heterocycles. The normalized spacial score (nSPS) is 16.8. The number of rotatable bonds is 8. The van der Waals surface area contributed by atoms with E-state index in [4.69, 9.17) is 4.74 Å². The highest BCUT2D eigenvalue weighted by Gasteiger charge is 2.43. The van der Waals surface area contributed by atoms with Crippen LogP contribution in [0.1, 0.15) is 32.8 Å². The van der Waals surface area contributed by atoms with E-state index in [1.165, 1.54) is 10.4 Å². The lowest BCUT2D eigenvalue weighted by molar-refractivity contribution is 0.308. The van der Waals surface area contributed by atoms with E-state index in [-0.39, 0.29) is 29.7 Å². The minimum atomic E-state index is -3.67. The van der Waals surface area contributed by atoms with Crippen LogP contribution in [-0.4, -0.2) is 51.8 Å². The van der Waals surface area contributed by atoms with E-state index < -0.39 is 25.1 Å². The summed E-state index contributed by atoms with van der Waals surface area (Å²) in [5.74, 6) is 0.796. The number of benzene rings is 1. The first-order valence-electron chi connectivity index (χ1n) is 8.53. The Hall–Kier alpha value is -1.12. The van der Waals surface area contributed by atoms with Gasteiger partial charge in [0.05, 0.1) is 22.5 Å². The van der Waals surface area contributed by atoms with Crippen molar-refractivity contribution < 1.29 is 21.6 Å². The molecule has 1 aliphatic rings. The Kier molecular flexibility index (Phi) is 6.17. The summed E-state index contributed by atoms with van der Waals surface area (Å²) in [5, 5.41) is -0.599. The van der Waals surface area contributed by atoms with Gasteiger partial charge in [-0.1, -0.05) is 20.8 Å². The number of aryl methyl sites for hydroxylation is 1. The molecule has 0 N–H and O–H groups in total. The summed E-state index contributed by atoms with van der Waals surface area (Å²) in [6.07, 6.45) is 0.875. The second kappa shape index (κ2) is 7.63. The van der Waals surface area contributed by atoms with Gasteiger partial charge < -0.3 is 4.74 Å². The fourth-order valence-electron chi connectivity index (χ4n) is 2.73. The predicted molar refractivity (Wildman–Crippen MR) is 98.1 cm³/mol. The van der Waals surface area contributed by atoms with Crippen molar-refractivity contribution in [3.05, 3.63) is 23.8 Å². The number of sulfone groups is 1. The van der Waals surface area contributed by atoms with Crippen LogP contribution in [0.15, 0.2) is 23.1 Å². The fourth-order valence-corrected chi connectivity index (χ4v) is 6.55. The molecule has 6 nitrogen and oxygen atoms in total. The van der Waals surface area contributed by atoms with E-state index in [1.807, 2.05) is 20.8 Å². The number of hydrogen-bond acceptors (Lipinski definition) is 5. The van der Waals surface area contributed by atoms with Crippen LogP contribution in [0.25, 0.3) is 0 Å². The standard InChI is InChI=1S/C17H27NO5S2/c1-5-8-23-17-7-6-15(9-14(17)4)25(21,22)18-10-16(11-18)24(19,20)12-13(2)3/h6-7,9,13,16H,5,8,10-12H2,1-4H3. The molecule has 0 saturated carbocycles. The van der Waals surface area contributed by atoms with Crippen molar-refractivity contribution >= 4 is 19.9 Å². The molecule has 0 amide bonds. The second-order valence-corrected chi connectivity index (χ2v) is 11.2. The van der Waals surface area contributed by atoms with E-state index in [2.05, 4.69) is 0 Å². The smallest absolute Gasteiger partial charge is 0.243 e. The van der Waals surface area contributed by atoms with Crippen LogP contribution in [0.4, 0.5) is 0 Å². The zero-order valence-corrected chi connectivity index (χ0v) is 16.9. The average molecular weight is 390 g/mol. The minimum absolute atomic E-state index is 0.0323. The van der Waals surface area contributed by atoms with Crippen LogP contribution < -0.4 is 4.74 Å². The molecule has 0 spiro atoms. The summed E-state index contributed by atoms with van der Waals surface area (Å²) in [5.41, 5.74) is 0.749. The molecule has 0 bridgehead atoms. The summed E-state index contributed by atoms with van der Waals surface area (Å²) < 4.78 is 56.5. The van der Waals surface area contributed by atoms with E-state index in [0.717, 1.165) is 12.0 Å². The second-order valence-electron chi connectivity index (χ2n) is 6.94. The Labute approximate surface area is 151 Å². The van der Waals surface area contributed by atoms with Crippen LogP contribution in [-0.2, 0) is 19.9 Å². The molecule has 2 rings (SSSR count). The van der Waals surface area contributed by atoms with Crippen LogP contribution in [0.2, 0.25) is 0 Å². The third kappa shape index (κ3) is 4.54. The Morgan fingerprint density at radius 3 is 2.36 bits per heavy atom. The molecule has 1 fully saturated rings. The maximum absolute atomic E-state index is 12.7. The van der Waals surface area contributed by atoms with Gasteiger partial charge in [0, 0.05) is 13.1 Å². The van der Waals surface area contributed by atoms with E-state index in [9.17, 15) is 16.8 Å². The Morgan fingerprint density at radius 1 is 1.20 bits per heavy atom. The van der Waals surface area contributed by atoms with Crippen molar-refractivity contribution in [2.45, 2.75) is 44.3 Å². The molecule has 1 aliphatic heterocycles. The Bertz CT molecular complexity index is 809. The summed E-state index contributed by atoms with van der Waals surface area (Å²) in [6.45, 7) is 8.13. The summed E-state index contributed by atoms with van der Waals surface area (Å²) >= 11 is 0. The van der Waals surface area contributed by atoms with Crippen LogP contribution >= 0.6 is 0 Å². The minimum Gasteiger partial charge on any atom is -0.493 e. The molecule has 1 aromatic carbocycles. The third-order valence-corrected chi connectivity index (χ3v) is 8.41. The molecular formula is C17H27NO5S2. The quantitative estimate of drug-likeness (QED) is 0.681. The highest BCUT2D eigenvalue weighted by Crippen LogP contribution is 2.29. The van der Waals surface area contributed by atoms with Crippen molar-refractivity contribution in [2.75, 3.05) is 25.4 Å².